The van der Waals surface area contributed by atoms with Gasteiger partial charge in [-0.15, -0.1) is 0 Å². The van der Waals surface area contributed by atoms with E-state index in [0.717, 1.165) is 22.6 Å². The quantitative estimate of drug-likeness (QED) is 0.408. The number of aryl methyl sites for hydroxylation is 1. The second-order valence-corrected chi connectivity index (χ2v) is 8.63. The van der Waals surface area contributed by atoms with Gasteiger partial charge < -0.3 is 24.1 Å². The average Bonchev–Trinajstić information content (AvgIpc) is 3.04. The number of rotatable bonds is 7. The number of carbonyl (C=O) groups excluding carboxylic acids is 1. The SMILES string of the molecule is COc1nc(N2CCNC(=O)CC2)ncc1-c1ccc2nc(C)c(Cc3ccccc3OC(F)F)n2c1. The normalized spacial score (nSPS) is 14.1. The Morgan fingerprint density at radius 1 is 1.14 bits per heavy atom. The Kier molecular flexibility index (Phi) is 6.85. The number of amides is 1. The van der Waals surface area contributed by atoms with Crippen molar-refractivity contribution in [3.8, 4) is 22.8 Å². The molecule has 4 aromatic rings. The molecule has 1 aliphatic rings. The molecule has 4 heterocycles. The third-order valence-electron chi connectivity index (χ3n) is 6.31. The minimum absolute atomic E-state index is 0.00853. The number of aromatic nitrogens is 4. The van der Waals surface area contributed by atoms with Crippen LogP contribution in [0, 0.1) is 6.92 Å². The number of ether oxygens (including phenoxy) is 2. The molecule has 9 nitrogen and oxygen atoms in total. The maximum Gasteiger partial charge on any atom is 0.387 e. The fourth-order valence-electron chi connectivity index (χ4n) is 4.45. The molecule has 0 aliphatic carbocycles. The van der Waals surface area contributed by atoms with Gasteiger partial charge in [0.2, 0.25) is 17.7 Å². The molecule has 0 saturated carbocycles. The van der Waals surface area contributed by atoms with Crippen molar-refractivity contribution in [2.75, 3.05) is 31.6 Å². The number of halogens is 2. The number of anilines is 1. The predicted molar refractivity (Wildman–Crippen MR) is 133 cm³/mol. The van der Waals surface area contributed by atoms with Crippen LogP contribution >= 0.6 is 0 Å². The fourth-order valence-corrected chi connectivity index (χ4v) is 4.45. The fraction of sp³-hybridized carbons (Fsp3) is 0.308. The van der Waals surface area contributed by atoms with Gasteiger partial charge in [-0.25, -0.2) is 9.97 Å². The molecule has 1 aromatic carbocycles. The molecule has 37 heavy (non-hydrogen) atoms. The second kappa shape index (κ2) is 10.4. The molecule has 0 atom stereocenters. The zero-order valence-corrected chi connectivity index (χ0v) is 20.4. The number of fused-ring (bicyclic) bond motifs is 1. The molecule has 192 valence electrons. The maximum absolute atomic E-state index is 12.9. The summed E-state index contributed by atoms with van der Waals surface area (Å²) in [5.74, 6) is 1.04. The number of imidazole rings is 1. The topological polar surface area (TPSA) is 93.9 Å². The Bertz CT molecular complexity index is 1440. The minimum Gasteiger partial charge on any atom is -0.480 e. The van der Waals surface area contributed by atoms with Crippen LogP contribution in [-0.2, 0) is 11.2 Å². The molecule has 1 N–H and O–H groups in total. The molecule has 1 amide bonds. The Morgan fingerprint density at radius 2 is 1.97 bits per heavy atom. The molecule has 1 fully saturated rings. The van der Waals surface area contributed by atoms with E-state index >= 15 is 0 Å². The molecular weight excluding hydrogens is 482 g/mol. The van der Waals surface area contributed by atoms with Crippen LogP contribution in [0.15, 0.2) is 48.8 Å². The van der Waals surface area contributed by atoms with Gasteiger partial charge in [-0.1, -0.05) is 18.2 Å². The van der Waals surface area contributed by atoms with Gasteiger partial charge in [-0.3, -0.25) is 4.79 Å². The summed E-state index contributed by atoms with van der Waals surface area (Å²) in [5, 5.41) is 2.84. The van der Waals surface area contributed by atoms with Crippen molar-refractivity contribution >= 4 is 17.5 Å². The summed E-state index contributed by atoms with van der Waals surface area (Å²) >= 11 is 0. The summed E-state index contributed by atoms with van der Waals surface area (Å²) in [5.41, 5.74) is 4.48. The van der Waals surface area contributed by atoms with Crippen LogP contribution in [-0.4, -0.2) is 58.6 Å². The van der Waals surface area contributed by atoms with E-state index in [4.69, 9.17) is 9.47 Å². The lowest BCUT2D eigenvalue weighted by Crippen LogP contribution is -2.29. The van der Waals surface area contributed by atoms with Crippen LogP contribution in [0.5, 0.6) is 11.6 Å². The van der Waals surface area contributed by atoms with Crippen molar-refractivity contribution in [2.45, 2.75) is 26.4 Å². The lowest BCUT2D eigenvalue weighted by molar-refractivity contribution is -0.120. The second-order valence-electron chi connectivity index (χ2n) is 8.63. The first-order valence-corrected chi connectivity index (χ1v) is 11.9. The third-order valence-corrected chi connectivity index (χ3v) is 6.31. The van der Waals surface area contributed by atoms with Gasteiger partial charge in [0.05, 0.1) is 18.4 Å². The number of alkyl halides is 2. The molecule has 0 unspecified atom stereocenters. The smallest absolute Gasteiger partial charge is 0.387 e. The molecule has 11 heteroatoms. The van der Waals surface area contributed by atoms with E-state index in [1.165, 1.54) is 6.07 Å². The lowest BCUT2D eigenvalue weighted by atomic mass is 10.1. The first kappa shape index (κ1) is 24.4. The van der Waals surface area contributed by atoms with Crippen molar-refractivity contribution in [2.24, 2.45) is 0 Å². The highest BCUT2D eigenvalue weighted by atomic mass is 19.3. The number of para-hydroxylation sites is 1. The van der Waals surface area contributed by atoms with Gasteiger partial charge >= 0.3 is 6.61 Å². The molecule has 0 spiro atoms. The Balaban J connectivity index is 1.50. The van der Waals surface area contributed by atoms with Gasteiger partial charge in [-0.2, -0.15) is 13.8 Å². The standard InChI is InChI=1S/C26H26F2N6O3/c1-16-20(13-17-5-3-4-6-21(17)37-25(27)28)34-15-18(7-8-22(34)31-16)19-14-30-26(32-24(19)36-2)33-11-9-23(35)29-10-12-33/h3-8,14-15,25H,9-13H2,1-2H3,(H,29,35). The predicted octanol–water partition coefficient (Wildman–Crippen LogP) is 3.63. The van der Waals surface area contributed by atoms with Gasteiger partial charge in [0.25, 0.3) is 0 Å². The van der Waals surface area contributed by atoms with Crippen LogP contribution < -0.4 is 19.7 Å². The van der Waals surface area contributed by atoms with E-state index in [-0.39, 0.29) is 11.7 Å². The number of benzene rings is 1. The number of hydrogen-bond acceptors (Lipinski definition) is 7. The molecule has 0 radical (unpaired) electrons. The molecule has 5 rings (SSSR count). The number of carbonyl (C=O) groups is 1. The maximum atomic E-state index is 12.9. The summed E-state index contributed by atoms with van der Waals surface area (Å²) in [7, 11) is 1.55. The summed E-state index contributed by atoms with van der Waals surface area (Å²) in [6.45, 7) is 0.635. The summed E-state index contributed by atoms with van der Waals surface area (Å²) in [4.78, 5) is 27.4. The average molecular weight is 509 g/mol. The molecule has 1 aliphatic heterocycles. The summed E-state index contributed by atoms with van der Waals surface area (Å²) in [6.07, 6.45) is 4.35. The van der Waals surface area contributed by atoms with Crippen LogP contribution in [0.25, 0.3) is 16.8 Å². The minimum atomic E-state index is -2.91. The van der Waals surface area contributed by atoms with Gasteiger partial charge in [0, 0.05) is 61.7 Å². The van der Waals surface area contributed by atoms with Crippen molar-refractivity contribution in [1.29, 1.82) is 0 Å². The van der Waals surface area contributed by atoms with E-state index in [9.17, 15) is 13.6 Å². The Hall–Kier alpha value is -4.28. The van der Waals surface area contributed by atoms with Crippen LogP contribution in [0.2, 0.25) is 0 Å². The van der Waals surface area contributed by atoms with Gasteiger partial charge in [-0.05, 0) is 25.1 Å². The van der Waals surface area contributed by atoms with Crippen molar-refractivity contribution in [3.63, 3.8) is 0 Å². The molecule has 1 saturated heterocycles. The number of pyridine rings is 1. The first-order chi connectivity index (χ1) is 17.9. The molecule has 3 aromatic heterocycles. The van der Waals surface area contributed by atoms with Crippen LogP contribution in [0.4, 0.5) is 14.7 Å². The highest BCUT2D eigenvalue weighted by Crippen LogP contribution is 2.31. The van der Waals surface area contributed by atoms with Gasteiger partial charge in [0.1, 0.15) is 11.4 Å². The van der Waals surface area contributed by atoms with Crippen molar-refractivity contribution in [1.82, 2.24) is 24.7 Å². The highest BCUT2D eigenvalue weighted by molar-refractivity contribution is 5.77. The number of methoxy groups -OCH3 is 1. The van der Waals surface area contributed by atoms with Gasteiger partial charge in [0.15, 0.2) is 0 Å². The number of nitrogens with one attached hydrogen (secondary N) is 1. The van der Waals surface area contributed by atoms with Crippen LogP contribution in [0.3, 0.4) is 0 Å². The third kappa shape index (κ3) is 5.16. The van der Waals surface area contributed by atoms with E-state index in [1.54, 1.807) is 31.5 Å². The monoisotopic (exact) mass is 508 g/mol. The van der Waals surface area contributed by atoms with E-state index in [2.05, 4.69) is 20.3 Å². The zero-order valence-electron chi connectivity index (χ0n) is 20.4. The van der Waals surface area contributed by atoms with Crippen LogP contribution in [0.1, 0.15) is 23.4 Å². The number of hydrogen-bond donors (Lipinski definition) is 1. The summed E-state index contributed by atoms with van der Waals surface area (Å²) < 4.78 is 38.1. The Labute approximate surface area is 212 Å². The zero-order chi connectivity index (χ0) is 25.9. The molecular formula is C26H26F2N6O3. The highest BCUT2D eigenvalue weighted by Gasteiger charge is 2.20. The molecule has 0 bridgehead atoms. The van der Waals surface area contributed by atoms with Crippen molar-refractivity contribution in [3.05, 3.63) is 65.7 Å². The Morgan fingerprint density at radius 3 is 2.78 bits per heavy atom. The van der Waals surface area contributed by atoms with E-state index in [0.29, 0.717) is 55.4 Å². The van der Waals surface area contributed by atoms with E-state index < -0.39 is 6.61 Å². The number of nitrogens with zero attached hydrogens (tertiary/aromatic N) is 5. The lowest BCUT2D eigenvalue weighted by Gasteiger charge is -2.20. The largest absolute Gasteiger partial charge is 0.480 e. The summed E-state index contributed by atoms with van der Waals surface area (Å²) in [6, 6.07) is 10.5. The van der Waals surface area contributed by atoms with E-state index in [1.807, 2.05) is 34.6 Å². The first-order valence-electron chi connectivity index (χ1n) is 11.9. The van der Waals surface area contributed by atoms with Crippen molar-refractivity contribution < 1.29 is 23.0 Å².